The molecular formula is C100H66BrNO. The number of fused-ring (bicyclic) bond motifs is 13. The normalized spacial score (nSPS) is 12.9. The summed E-state index contributed by atoms with van der Waals surface area (Å²) in [5.74, 6) is 0. The minimum atomic E-state index is -0.559. The van der Waals surface area contributed by atoms with Gasteiger partial charge in [0, 0.05) is 38.4 Å². The number of benzene rings is 17. The fraction of sp³-hybridized carbons (Fsp3) is 0.0200. The standard InChI is InChI=1S/C59H39NO.C41H27Br/c1-5-17-41(18-6-1)53-39-55-58(51-27-14-13-25-48(51)53)52-35-31-42(37-54(52)59(55,43-19-7-2-8-20-43)44-21-9-3-10-22-44)40-29-32-46(33-30-40)60(45-23-11-4-12-24-45)47-34-36-50-49-26-15-16-28-56(49)61-57(50)38-47;42-33-23-20-28(21-24-33)30-22-25-36-38(26-30)41(31-14-6-2-7-15-31,32-16-8-3-9-17-32)39-27-37(29-12-4-1-5-13-29)34-18-10-11-19-35(34)40(36)39/h1-39H;1-27H. The highest BCUT2D eigenvalue weighted by Crippen LogP contribution is 2.62. The Morgan fingerprint density at radius 3 is 1.00 bits per heavy atom. The molecule has 0 amide bonds. The van der Waals surface area contributed by atoms with Crippen LogP contribution in [0.4, 0.5) is 17.1 Å². The summed E-state index contributed by atoms with van der Waals surface area (Å²) in [4.78, 5) is 2.31. The van der Waals surface area contributed by atoms with Crippen LogP contribution >= 0.6 is 15.9 Å². The minimum Gasteiger partial charge on any atom is -0.456 e. The number of hydrogen-bond acceptors (Lipinski definition) is 2. The summed E-state index contributed by atoms with van der Waals surface area (Å²) in [6.45, 7) is 0. The van der Waals surface area contributed by atoms with Gasteiger partial charge in [0.15, 0.2) is 0 Å². The Morgan fingerprint density at radius 1 is 0.214 bits per heavy atom. The monoisotopic (exact) mass is 1380 g/mol. The van der Waals surface area contributed by atoms with Gasteiger partial charge in [0.2, 0.25) is 0 Å². The Kier molecular flexibility index (Phi) is 15.2. The van der Waals surface area contributed by atoms with Crippen molar-refractivity contribution in [2.45, 2.75) is 10.8 Å². The highest BCUT2D eigenvalue weighted by atomic mass is 79.9. The number of furan rings is 1. The van der Waals surface area contributed by atoms with E-state index in [0.717, 1.165) is 49.0 Å². The minimum absolute atomic E-state index is 0.480. The van der Waals surface area contributed by atoms with Gasteiger partial charge in [0.1, 0.15) is 11.2 Å². The van der Waals surface area contributed by atoms with Crippen molar-refractivity contribution >= 4 is 76.5 Å². The van der Waals surface area contributed by atoms with E-state index in [1.807, 2.05) is 12.1 Å². The molecule has 3 heteroatoms. The van der Waals surface area contributed by atoms with Crippen molar-refractivity contribution in [3.63, 3.8) is 0 Å². The molecule has 18 aromatic rings. The predicted octanol–water partition coefficient (Wildman–Crippen LogP) is 27.2. The lowest BCUT2D eigenvalue weighted by molar-refractivity contribution is 0.669. The second kappa shape index (κ2) is 25.5. The van der Waals surface area contributed by atoms with E-state index in [0.29, 0.717) is 0 Å². The van der Waals surface area contributed by atoms with Crippen LogP contribution in [0.5, 0.6) is 0 Å². The molecule has 1 heterocycles. The Bertz CT molecular complexity index is 6120. The van der Waals surface area contributed by atoms with Gasteiger partial charge in [0.05, 0.1) is 10.8 Å². The largest absolute Gasteiger partial charge is 0.456 e. The third-order valence-electron chi connectivity index (χ3n) is 21.6. The Hall–Kier alpha value is -12.7. The molecule has 0 radical (unpaired) electrons. The van der Waals surface area contributed by atoms with Crippen LogP contribution in [-0.4, -0.2) is 0 Å². The van der Waals surface area contributed by atoms with E-state index in [4.69, 9.17) is 4.42 Å². The zero-order valence-corrected chi connectivity index (χ0v) is 57.9. The third kappa shape index (κ3) is 10.1. The first-order chi connectivity index (χ1) is 51.0. The van der Waals surface area contributed by atoms with Crippen LogP contribution < -0.4 is 4.90 Å². The fourth-order valence-electron chi connectivity index (χ4n) is 17.1. The van der Waals surface area contributed by atoms with Crippen LogP contribution in [0.15, 0.2) is 409 Å². The molecule has 0 fully saturated rings. The summed E-state index contributed by atoms with van der Waals surface area (Å²) in [6.07, 6.45) is 0. The van der Waals surface area contributed by atoms with Crippen LogP contribution in [0, 0.1) is 0 Å². The number of anilines is 3. The van der Waals surface area contributed by atoms with E-state index in [1.54, 1.807) is 0 Å². The first-order valence-corrected chi connectivity index (χ1v) is 36.2. The average molecular weight is 1380 g/mol. The molecule has 0 saturated heterocycles. The highest BCUT2D eigenvalue weighted by molar-refractivity contribution is 9.10. The average Bonchev–Trinajstić information content (AvgIpc) is 1.54. The van der Waals surface area contributed by atoms with Gasteiger partial charge >= 0.3 is 0 Å². The van der Waals surface area contributed by atoms with Crippen LogP contribution in [0.25, 0.3) is 110 Å². The maximum atomic E-state index is 6.36. The van der Waals surface area contributed by atoms with Gasteiger partial charge < -0.3 is 9.32 Å². The summed E-state index contributed by atoms with van der Waals surface area (Å²) in [5, 5.41) is 7.35. The summed E-state index contributed by atoms with van der Waals surface area (Å²) in [5.41, 5.74) is 29.2. The molecule has 17 aromatic carbocycles. The van der Waals surface area contributed by atoms with Gasteiger partial charge in [-0.1, -0.05) is 331 Å². The van der Waals surface area contributed by atoms with Gasteiger partial charge in [0.25, 0.3) is 0 Å². The van der Waals surface area contributed by atoms with Crippen LogP contribution in [0.1, 0.15) is 44.5 Å². The van der Waals surface area contributed by atoms with Gasteiger partial charge in [-0.3, -0.25) is 0 Å². The van der Waals surface area contributed by atoms with Crippen molar-refractivity contribution in [1.82, 2.24) is 0 Å². The second-order valence-corrected chi connectivity index (χ2v) is 27.9. The van der Waals surface area contributed by atoms with Gasteiger partial charge in [-0.05, 0) is 212 Å². The van der Waals surface area contributed by atoms with Crippen LogP contribution in [0.2, 0.25) is 0 Å². The zero-order valence-electron chi connectivity index (χ0n) is 56.3. The maximum absolute atomic E-state index is 6.36. The smallest absolute Gasteiger partial charge is 0.137 e. The summed E-state index contributed by atoms with van der Waals surface area (Å²) < 4.78 is 7.44. The SMILES string of the molecule is Brc1ccc(-c2ccc3c(c2)C(c2ccccc2)(c2ccccc2)c2cc(-c4ccccc4)c4ccccc4c2-3)cc1.c1ccc(-c2cc3c(c4ccccc24)-c2ccc(-c4ccc(N(c5ccccc5)c5ccc6c(c5)oc5ccccc56)cc4)cc2C3(c2ccccc2)c2ccccc2)cc1. The predicted molar refractivity (Wildman–Crippen MR) is 434 cm³/mol. The van der Waals surface area contributed by atoms with E-state index in [9.17, 15) is 0 Å². The molecule has 0 aliphatic heterocycles. The van der Waals surface area contributed by atoms with E-state index < -0.39 is 10.8 Å². The van der Waals surface area contributed by atoms with Gasteiger partial charge in [-0.15, -0.1) is 0 Å². The first kappa shape index (κ1) is 61.4. The van der Waals surface area contributed by atoms with Gasteiger partial charge in [-0.25, -0.2) is 0 Å². The molecule has 20 rings (SSSR count). The number of hydrogen-bond donors (Lipinski definition) is 0. The van der Waals surface area contributed by atoms with Crippen molar-refractivity contribution in [2.24, 2.45) is 0 Å². The topological polar surface area (TPSA) is 16.4 Å². The molecule has 0 N–H and O–H groups in total. The number of nitrogens with zero attached hydrogens (tertiary/aromatic N) is 1. The van der Waals surface area contributed by atoms with Gasteiger partial charge in [-0.2, -0.15) is 0 Å². The molecule has 1 aromatic heterocycles. The summed E-state index contributed by atoms with van der Waals surface area (Å²) in [7, 11) is 0. The van der Waals surface area contributed by atoms with E-state index in [1.165, 1.54) is 127 Å². The lowest BCUT2D eigenvalue weighted by Gasteiger charge is -2.34. The lowest BCUT2D eigenvalue weighted by Crippen LogP contribution is -2.28. The summed E-state index contributed by atoms with van der Waals surface area (Å²) >= 11 is 3.62. The molecule has 0 bridgehead atoms. The molecule has 2 aliphatic rings. The summed E-state index contributed by atoms with van der Waals surface area (Å²) in [6, 6.07) is 146. The second-order valence-electron chi connectivity index (χ2n) is 27.0. The first-order valence-electron chi connectivity index (χ1n) is 35.4. The Morgan fingerprint density at radius 2 is 0.553 bits per heavy atom. The quantitative estimate of drug-likeness (QED) is 0.128. The molecule has 2 nitrogen and oxygen atoms in total. The molecular weight excluding hydrogens is 1310 g/mol. The molecule has 103 heavy (non-hydrogen) atoms. The molecule has 0 saturated carbocycles. The Labute approximate surface area is 608 Å². The van der Waals surface area contributed by atoms with Crippen molar-refractivity contribution < 1.29 is 4.42 Å². The van der Waals surface area contributed by atoms with E-state index in [-0.39, 0.29) is 0 Å². The fourth-order valence-corrected chi connectivity index (χ4v) is 17.3. The number of para-hydroxylation sites is 2. The molecule has 0 unspecified atom stereocenters. The molecule has 0 atom stereocenters. The maximum Gasteiger partial charge on any atom is 0.137 e. The van der Waals surface area contributed by atoms with Crippen molar-refractivity contribution in [2.75, 3.05) is 4.90 Å². The molecule has 2 aliphatic carbocycles. The highest BCUT2D eigenvalue weighted by Gasteiger charge is 2.49. The van der Waals surface area contributed by atoms with E-state index in [2.05, 4.69) is 409 Å². The Balaban J connectivity index is 0.000000152. The number of halogens is 1. The van der Waals surface area contributed by atoms with E-state index >= 15 is 0 Å². The van der Waals surface area contributed by atoms with Crippen molar-refractivity contribution in [1.29, 1.82) is 0 Å². The van der Waals surface area contributed by atoms with Crippen molar-refractivity contribution in [3.05, 3.63) is 449 Å². The van der Waals surface area contributed by atoms with Crippen LogP contribution in [0.3, 0.4) is 0 Å². The third-order valence-corrected chi connectivity index (χ3v) is 22.1. The van der Waals surface area contributed by atoms with Crippen molar-refractivity contribution in [3.8, 4) is 66.8 Å². The number of rotatable bonds is 11. The van der Waals surface area contributed by atoms with Crippen LogP contribution in [-0.2, 0) is 10.8 Å². The molecule has 0 spiro atoms. The lowest BCUT2D eigenvalue weighted by atomic mass is 9.67. The zero-order chi connectivity index (χ0) is 68.4. The molecule has 484 valence electrons.